The standard InChI is InChI=1S/C19H18N4O5/c1-12(22-18(25)13-6-2-3-7-14(13)19(22)26)17(24)21-11-10-20-15-8-4-5-9-16(15)23(27)28/h2-9,12,20H,10-11H2,1H3,(H,21,24)/t12-/m0/s1. The molecular formula is C19H18N4O5. The van der Waals surface area contributed by atoms with Gasteiger partial charge in [0, 0.05) is 19.2 Å². The number of hydrogen-bond donors (Lipinski definition) is 2. The van der Waals surface area contributed by atoms with Crippen molar-refractivity contribution in [1.82, 2.24) is 10.2 Å². The topological polar surface area (TPSA) is 122 Å². The van der Waals surface area contributed by atoms with Gasteiger partial charge in [-0.3, -0.25) is 29.4 Å². The number of anilines is 1. The van der Waals surface area contributed by atoms with Crippen molar-refractivity contribution >= 4 is 29.1 Å². The summed E-state index contributed by atoms with van der Waals surface area (Å²) in [5.41, 5.74) is 0.846. The van der Waals surface area contributed by atoms with Crippen molar-refractivity contribution in [1.29, 1.82) is 0 Å². The van der Waals surface area contributed by atoms with E-state index >= 15 is 0 Å². The van der Waals surface area contributed by atoms with Crippen LogP contribution >= 0.6 is 0 Å². The first kappa shape index (κ1) is 19.0. The summed E-state index contributed by atoms with van der Waals surface area (Å²) in [7, 11) is 0. The second kappa shape index (κ2) is 7.87. The predicted octanol–water partition coefficient (Wildman–Crippen LogP) is 1.81. The number of carbonyl (C=O) groups excluding carboxylic acids is 3. The molecule has 0 radical (unpaired) electrons. The van der Waals surface area contributed by atoms with E-state index in [1.807, 2.05) is 0 Å². The summed E-state index contributed by atoms with van der Waals surface area (Å²) in [5.74, 6) is -1.48. The highest BCUT2D eigenvalue weighted by molar-refractivity contribution is 6.22. The van der Waals surface area contributed by atoms with Crippen LogP contribution in [-0.4, -0.2) is 46.7 Å². The molecule has 1 heterocycles. The first-order valence-electron chi connectivity index (χ1n) is 8.63. The molecule has 0 unspecified atom stereocenters. The lowest BCUT2D eigenvalue weighted by atomic mass is 10.1. The average molecular weight is 382 g/mol. The van der Waals surface area contributed by atoms with E-state index in [-0.39, 0.29) is 29.9 Å². The number of amides is 3. The lowest BCUT2D eigenvalue weighted by molar-refractivity contribution is -0.384. The Morgan fingerprint density at radius 2 is 1.61 bits per heavy atom. The van der Waals surface area contributed by atoms with Crippen LogP contribution in [0.25, 0.3) is 0 Å². The minimum Gasteiger partial charge on any atom is -0.378 e. The van der Waals surface area contributed by atoms with Crippen molar-refractivity contribution < 1.29 is 19.3 Å². The van der Waals surface area contributed by atoms with Gasteiger partial charge in [-0.15, -0.1) is 0 Å². The van der Waals surface area contributed by atoms with E-state index in [1.54, 1.807) is 42.5 Å². The van der Waals surface area contributed by atoms with Crippen molar-refractivity contribution in [3.8, 4) is 0 Å². The molecule has 9 nitrogen and oxygen atoms in total. The van der Waals surface area contributed by atoms with Gasteiger partial charge in [0.05, 0.1) is 16.1 Å². The number of benzene rings is 2. The molecule has 0 bridgehead atoms. The fourth-order valence-electron chi connectivity index (χ4n) is 2.99. The van der Waals surface area contributed by atoms with Gasteiger partial charge in [-0.25, -0.2) is 0 Å². The summed E-state index contributed by atoms with van der Waals surface area (Å²) >= 11 is 0. The molecule has 1 atom stereocenters. The van der Waals surface area contributed by atoms with E-state index in [9.17, 15) is 24.5 Å². The van der Waals surface area contributed by atoms with Crippen LogP contribution in [-0.2, 0) is 4.79 Å². The molecule has 2 N–H and O–H groups in total. The maximum atomic E-state index is 12.4. The number of nitro groups is 1. The molecule has 3 amide bonds. The van der Waals surface area contributed by atoms with Gasteiger partial charge < -0.3 is 10.6 Å². The third-order valence-electron chi connectivity index (χ3n) is 4.43. The minimum absolute atomic E-state index is 0.0618. The molecule has 3 rings (SSSR count). The fourth-order valence-corrected chi connectivity index (χ4v) is 2.99. The number of rotatable bonds is 7. The smallest absolute Gasteiger partial charge is 0.292 e. The van der Waals surface area contributed by atoms with Crippen LogP contribution in [0.15, 0.2) is 48.5 Å². The van der Waals surface area contributed by atoms with Gasteiger partial charge in [-0.2, -0.15) is 0 Å². The quantitative estimate of drug-likeness (QED) is 0.326. The van der Waals surface area contributed by atoms with Gasteiger partial charge in [-0.1, -0.05) is 24.3 Å². The summed E-state index contributed by atoms with van der Waals surface area (Å²) in [6.07, 6.45) is 0. The summed E-state index contributed by atoms with van der Waals surface area (Å²) in [6.45, 7) is 1.89. The summed E-state index contributed by atoms with van der Waals surface area (Å²) in [5, 5.41) is 16.5. The third-order valence-corrected chi connectivity index (χ3v) is 4.43. The van der Waals surface area contributed by atoms with Crippen molar-refractivity contribution in [3.63, 3.8) is 0 Å². The largest absolute Gasteiger partial charge is 0.378 e. The Balaban J connectivity index is 1.56. The Labute approximate surface area is 160 Å². The normalized spacial score (nSPS) is 13.8. The Morgan fingerprint density at radius 3 is 2.21 bits per heavy atom. The number of nitrogens with zero attached hydrogens (tertiary/aromatic N) is 2. The molecule has 0 aromatic heterocycles. The van der Waals surface area contributed by atoms with Gasteiger partial charge in [0.25, 0.3) is 17.5 Å². The van der Waals surface area contributed by atoms with Crippen molar-refractivity contribution in [2.75, 3.05) is 18.4 Å². The molecule has 2 aromatic carbocycles. The van der Waals surface area contributed by atoms with Crippen LogP contribution in [0, 0.1) is 10.1 Å². The van der Waals surface area contributed by atoms with Crippen molar-refractivity contribution in [2.45, 2.75) is 13.0 Å². The zero-order valence-corrected chi connectivity index (χ0v) is 15.0. The molecule has 9 heteroatoms. The number of carbonyl (C=O) groups is 3. The van der Waals surface area contributed by atoms with Crippen LogP contribution in [0.4, 0.5) is 11.4 Å². The lowest BCUT2D eigenvalue weighted by Crippen LogP contribution is -2.48. The van der Waals surface area contributed by atoms with E-state index in [2.05, 4.69) is 10.6 Å². The monoisotopic (exact) mass is 382 g/mol. The first-order valence-corrected chi connectivity index (χ1v) is 8.63. The van der Waals surface area contributed by atoms with Gasteiger partial charge in [0.1, 0.15) is 11.7 Å². The number of imide groups is 1. The zero-order valence-electron chi connectivity index (χ0n) is 15.0. The average Bonchev–Trinajstić information content (AvgIpc) is 2.95. The highest BCUT2D eigenvalue weighted by Crippen LogP contribution is 2.24. The molecule has 144 valence electrons. The molecule has 0 saturated heterocycles. The van der Waals surface area contributed by atoms with Gasteiger partial charge >= 0.3 is 0 Å². The van der Waals surface area contributed by atoms with Crippen LogP contribution in [0.3, 0.4) is 0 Å². The van der Waals surface area contributed by atoms with E-state index < -0.39 is 28.7 Å². The highest BCUT2D eigenvalue weighted by atomic mass is 16.6. The summed E-state index contributed by atoms with van der Waals surface area (Å²) in [6, 6.07) is 11.6. The first-order chi connectivity index (χ1) is 13.4. The van der Waals surface area contributed by atoms with Gasteiger partial charge in [0.2, 0.25) is 5.91 Å². The molecule has 0 spiro atoms. The molecule has 0 fully saturated rings. The Kier molecular flexibility index (Phi) is 5.35. The van der Waals surface area contributed by atoms with Crippen molar-refractivity contribution in [3.05, 3.63) is 69.8 Å². The maximum Gasteiger partial charge on any atom is 0.292 e. The van der Waals surface area contributed by atoms with E-state index in [0.717, 1.165) is 4.90 Å². The molecule has 1 aliphatic heterocycles. The second-order valence-corrected chi connectivity index (χ2v) is 6.19. The maximum absolute atomic E-state index is 12.4. The van der Waals surface area contributed by atoms with E-state index in [4.69, 9.17) is 0 Å². The number of fused-ring (bicyclic) bond motifs is 1. The van der Waals surface area contributed by atoms with E-state index in [1.165, 1.54) is 13.0 Å². The Bertz CT molecular complexity index is 924. The fraction of sp³-hybridized carbons (Fsp3) is 0.211. The molecule has 0 aliphatic carbocycles. The number of hydrogen-bond acceptors (Lipinski definition) is 6. The zero-order chi connectivity index (χ0) is 20.3. The van der Waals surface area contributed by atoms with Gasteiger partial charge in [-0.05, 0) is 25.1 Å². The molecular weight excluding hydrogens is 364 g/mol. The highest BCUT2D eigenvalue weighted by Gasteiger charge is 2.40. The number of para-hydroxylation sites is 2. The van der Waals surface area contributed by atoms with Crippen LogP contribution in [0.1, 0.15) is 27.6 Å². The summed E-state index contributed by atoms with van der Waals surface area (Å²) in [4.78, 5) is 48.6. The number of nitro benzene ring substituents is 1. The SMILES string of the molecule is C[C@@H](C(=O)NCCNc1ccccc1[N+](=O)[O-])N1C(=O)c2ccccc2C1=O. The van der Waals surface area contributed by atoms with E-state index in [0.29, 0.717) is 5.69 Å². The molecule has 1 aliphatic rings. The third kappa shape index (κ3) is 3.54. The minimum atomic E-state index is -0.974. The second-order valence-electron chi connectivity index (χ2n) is 6.19. The van der Waals surface area contributed by atoms with Crippen LogP contribution in [0.2, 0.25) is 0 Å². The number of nitrogens with one attached hydrogen (secondary N) is 2. The van der Waals surface area contributed by atoms with Crippen LogP contribution in [0.5, 0.6) is 0 Å². The summed E-state index contributed by atoms with van der Waals surface area (Å²) < 4.78 is 0. The lowest BCUT2D eigenvalue weighted by Gasteiger charge is -2.21. The Hall–Kier alpha value is -3.75. The van der Waals surface area contributed by atoms with Crippen molar-refractivity contribution in [2.24, 2.45) is 0 Å². The molecule has 28 heavy (non-hydrogen) atoms. The molecule has 2 aromatic rings. The molecule has 0 saturated carbocycles. The Morgan fingerprint density at radius 1 is 1.04 bits per heavy atom. The van der Waals surface area contributed by atoms with Gasteiger partial charge in [0.15, 0.2) is 0 Å². The predicted molar refractivity (Wildman–Crippen MR) is 101 cm³/mol. The van der Waals surface area contributed by atoms with Crippen LogP contribution < -0.4 is 10.6 Å².